The first kappa shape index (κ1) is 16.0. The molecular weight excluding hydrogens is 280 g/mol. The maximum atomic E-state index is 12.3. The molecule has 3 heterocycles. The number of hydrogen-bond acceptors (Lipinski definition) is 4. The molecule has 20 heavy (non-hydrogen) atoms. The fourth-order valence-electron chi connectivity index (χ4n) is 3.47. The Morgan fingerprint density at radius 1 is 1.15 bits per heavy atom. The van der Waals surface area contributed by atoms with Gasteiger partial charge in [-0.3, -0.25) is 4.79 Å². The van der Waals surface area contributed by atoms with Gasteiger partial charge >= 0.3 is 0 Å². The molecular formula is C14H25ClN2O3. The van der Waals surface area contributed by atoms with Crippen molar-refractivity contribution in [2.24, 2.45) is 5.92 Å². The fraction of sp³-hybridized carbons (Fsp3) is 0.929. The van der Waals surface area contributed by atoms with Crippen LogP contribution in [0.15, 0.2) is 0 Å². The summed E-state index contributed by atoms with van der Waals surface area (Å²) in [5.41, 5.74) is 0. The van der Waals surface area contributed by atoms with E-state index in [2.05, 4.69) is 5.32 Å². The van der Waals surface area contributed by atoms with Gasteiger partial charge in [-0.25, -0.2) is 0 Å². The van der Waals surface area contributed by atoms with Crippen molar-refractivity contribution < 1.29 is 14.3 Å². The average molecular weight is 305 g/mol. The second-order valence-corrected chi connectivity index (χ2v) is 5.80. The van der Waals surface area contributed by atoms with E-state index in [-0.39, 0.29) is 24.4 Å². The van der Waals surface area contributed by atoms with Crippen LogP contribution in [-0.4, -0.2) is 62.4 Å². The molecule has 1 N–H and O–H groups in total. The number of hydrogen-bond donors (Lipinski definition) is 1. The first-order valence-electron chi connectivity index (χ1n) is 7.56. The quantitative estimate of drug-likeness (QED) is 0.820. The summed E-state index contributed by atoms with van der Waals surface area (Å²) in [6.45, 7) is 4.49. The van der Waals surface area contributed by atoms with Crippen molar-refractivity contribution in [3.05, 3.63) is 0 Å². The SMILES string of the molecule is Cl.O=C(C1COCCO1)N1CCC(C2CCCN2)CC1. The Balaban J connectivity index is 0.00000147. The third-order valence-electron chi connectivity index (χ3n) is 4.61. The van der Waals surface area contributed by atoms with E-state index < -0.39 is 0 Å². The van der Waals surface area contributed by atoms with Crippen LogP contribution in [0.25, 0.3) is 0 Å². The highest BCUT2D eigenvalue weighted by Gasteiger charge is 2.33. The van der Waals surface area contributed by atoms with Crippen molar-refractivity contribution >= 4 is 18.3 Å². The second kappa shape index (κ2) is 7.59. The number of carbonyl (C=O) groups is 1. The summed E-state index contributed by atoms with van der Waals surface area (Å²) in [6.07, 6.45) is 4.48. The van der Waals surface area contributed by atoms with E-state index in [0.29, 0.717) is 25.9 Å². The molecule has 3 saturated heterocycles. The molecule has 0 aromatic heterocycles. The second-order valence-electron chi connectivity index (χ2n) is 5.80. The van der Waals surface area contributed by atoms with E-state index in [9.17, 15) is 4.79 Å². The van der Waals surface area contributed by atoms with Crippen LogP contribution in [0.2, 0.25) is 0 Å². The maximum absolute atomic E-state index is 12.3. The topological polar surface area (TPSA) is 50.8 Å². The summed E-state index contributed by atoms with van der Waals surface area (Å²) < 4.78 is 10.8. The van der Waals surface area contributed by atoms with Crippen LogP contribution in [0.3, 0.4) is 0 Å². The van der Waals surface area contributed by atoms with E-state index >= 15 is 0 Å². The summed E-state index contributed by atoms with van der Waals surface area (Å²) in [6, 6.07) is 0.687. The fourth-order valence-corrected chi connectivity index (χ4v) is 3.47. The summed E-state index contributed by atoms with van der Waals surface area (Å²) in [7, 11) is 0. The summed E-state index contributed by atoms with van der Waals surface area (Å²) >= 11 is 0. The molecule has 2 atom stereocenters. The molecule has 0 saturated carbocycles. The van der Waals surface area contributed by atoms with Gasteiger partial charge in [-0.15, -0.1) is 12.4 Å². The molecule has 0 aromatic rings. The summed E-state index contributed by atoms with van der Waals surface area (Å²) in [4.78, 5) is 14.2. The minimum Gasteiger partial charge on any atom is -0.376 e. The molecule has 3 aliphatic heterocycles. The standard InChI is InChI=1S/C14H24N2O3.ClH/c17-14(13-10-18-8-9-19-13)16-6-3-11(4-7-16)12-2-1-5-15-12;/h11-13,15H,1-10H2;1H. The molecule has 2 unspecified atom stereocenters. The van der Waals surface area contributed by atoms with Crippen LogP contribution < -0.4 is 5.32 Å². The largest absolute Gasteiger partial charge is 0.376 e. The molecule has 3 aliphatic rings. The van der Waals surface area contributed by atoms with Gasteiger partial charge in [0.1, 0.15) is 0 Å². The molecule has 1 amide bonds. The van der Waals surface area contributed by atoms with Gasteiger partial charge in [-0.2, -0.15) is 0 Å². The number of rotatable bonds is 2. The minimum atomic E-state index is -0.366. The lowest BCUT2D eigenvalue weighted by Gasteiger charge is -2.37. The number of amides is 1. The van der Waals surface area contributed by atoms with Crippen molar-refractivity contribution in [3.63, 3.8) is 0 Å². The Hall–Kier alpha value is -0.360. The Labute approximate surface area is 126 Å². The molecule has 3 rings (SSSR count). The summed E-state index contributed by atoms with van der Waals surface area (Å²) in [5.74, 6) is 0.868. The van der Waals surface area contributed by atoms with Crippen molar-refractivity contribution in [1.82, 2.24) is 10.2 Å². The molecule has 0 radical (unpaired) electrons. The van der Waals surface area contributed by atoms with Gasteiger partial charge in [-0.05, 0) is 38.1 Å². The van der Waals surface area contributed by atoms with Crippen LogP contribution in [0, 0.1) is 5.92 Å². The van der Waals surface area contributed by atoms with Gasteiger partial charge in [0.15, 0.2) is 6.10 Å². The molecule has 6 heteroatoms. The lowest BCUT2D eigenvalue weighted by atomic mass is 9.88. The Kier molecular flexibility index (Phi) is 6.08. The number of nitrogens with zero attached hydrogens (tertiary/aromatic N) is 1. The normalized spacial score (nSPS) is 31.9. The highest BCUT2D eigenvalue weighted by atomic mass is 35.5. The van der Waals surface area contributed by atoms with Gasteiger partial charge in [0.05, 0.1) is 19.8 Å². The van der Waals surface area contributed by atoms with Gasteiger partial charge in [0.25, 0.3) is 5.91 Å². The van der Waals surface area contributed by atoms with Gasteiger partial charge in [-0.1, -0.05) is 0 Å². The van der Waals surface area contributed by atoms with E-state index in [1.54, 1.807) is 0 Å². The zero-order valence-corrected chi connectivity index (χ0v) is 12.7. The van der Waals surface area contributed by atoms with Gasteiger partial charge in [0.2, 0.25) is 0 Å². The molecule has 116 valence electrons. The molecule has 0 aromatic carbocycles. The summed E-state index contributed by atoms with van der Waals surface area (Å²) in [5, 5.41) is 3.59. The number of carbonyl (C=O) groups excluding carboxylic acids is 1. The molecule has 0 bridgehead atoms. The van der Waals surface area contributed by atoms with Crippen LogP contribution in [0.1, 0.15) is 25.7 Å². The van der Waals surface area contributed by atoms with Crippen molar-refractivity contribution in [1.29, 1.82) is 0 Å². The lowest BCUT2D eigenvalue weighted by Crippen LogP contribution is -2.49. The number of halogens is 1. The van der Waals surface area contributed by atoms with E-state index in [4.69, 9.17) is 9.47 Å². The maximum Gasteiger partial charge on any atom is 0.254 e. The Morgan fingerprint density at radius 2 is 1.95 bits per heavy atom. The third kappa shape index (κ3) is 3.64. The average Bonchev–Trinajstić information content (AvgIpc) is 3.02. The monoisotopic (exact) mass is 304 g/mol. The van der Waals surface area contributed by atoms with Gasteiger partial charge in [0, 0.05) is 19.1 Å². The molecule has 5 nitrogen and oxygen atoms in total. The van der Waals surface area contributed by atoms with Crippen molar-refractivity contribution in [2.75, 3.05) is 39.5 Å². The predicted octanol–water partition coefficient (Wildman–Crippen LogP) is 0.814. The Bertz CT molecular complexity index is 310. The molecule has 0 spiro atoms. The molecule has 0 aliphatic carbocycles. The number of nitrogens with one attached hydrogen (secondary N) is 1. The number of piperidine rings is 1. The van der Waals surface area contributed by atoms with E-state index in [1.807, 2.05) is 4.90 Å². The smallest absolute Gasteiger partial charge is 0.254 e. The highest BCUT2D eigenvalue weighted by Crippen LogP contribution is 2.26. The van der Waals surface area contributed by atoms with Crippen LogP contribution in [0.5, 0.6) is 0 Å². The zero-order valence-electron chi connectivity index (χ0n) is 11.9. The Morgan fingerprint density at radius 3 is 2.55 bits per heavy atom. The van der Waals surface area contributed by atoms with Crippen LogP contribution in [0.4, 0.5) is 0 Å². The predicted molar refractivity (Wildman–Crippen MR) is 78.1 cm³/mol. The van der Waals surface area contributed by atoms with Crippen LogP contribution >= 0.6 is 12.4 Å². The van der Waals surface area contributed by atoms with Crippen molar-refractivity contribution in [3.8, 4) is 0 Å². The van der Waals surface area contributed by atoms with Crippen LogP contribution in [-0.2, 0) is 14.3 Å². The van der Waals surface area contributed by atoms with Crippen molar-refractivity contribution in [2.45, 2.75) is 37.8 Å². The minimum absolute atomic E-state index is 0. The van der Waals surface area contributed by atoms with E-state index in [1.165, 1.54) is 12.8 Å². The third-order valence-corrected chi connectivity index (χ3v) is 4.61. The molecule has 3 fully saturated rings. The van der Waals surface area contributed by atoms with E-state index in [0.717, 1.165) is 38.4 Å². The first-order valence-corrected chi connectivity index (χ1v) is 7.56. The van der Waals surface area contributed by atoms with Gasteiger partial charge < -0.3 is 19.7 Å². The lowest BCUT2D eigenvalue weighted by molar-refractivity contribution is -0.159. The number of ether oxygens (including phenoxy) is 2. The first-order chi connectivity index (χ1) is 9.34. The number of likely N-dealkylation sites (tertiary alicyclic amines) is 1. The highest BCUT2D eigenvalue weighted by molar-refractivity contribution is 5.85. The zero-order chi connectivity index (χ0) is 13.1.